The first kappa shape index (κ1) is 23.4. The minimum absolute atomic E-state index is 0.175. The van der Waals surface area contributed by atoms with E-state index < -0.39 is 5.25 Å². The Hall–Kier alpha value is -4.36. The lowest BCUT2D eigenvalue weighted by Crippen LogP contribution is -2.19. The predicted octanol–water partition coefficient (Wildman–Crippen LogP) is 6.86. The quantitative estimate of drug-likeness (QED) is 0.242. The van der Waals surface area contributed by atoms with Crippen molar-refractivity contribution in [3.8, 4) is 0 Å². The molecule has 0 spiro atoms. The summed E-state index contributed by atoms with van der Waals surface area (Å²) >= 11 is 1.42. The Kier molecular flexibility index (Phi) is 6.82. The average molecular weight is 494 g/mol. The summed E-state index contributed by atoms with van der Waals surface area (Å²) in [5.74, 6) is 0.625. The molecule has 7 heteroatoms. The molecule has 1 unspecified atom stereocenters. The van der Waals surface area contributed by atoms with Gasteiger partial charge in [0.05, 0.1) is 0 Å². The first-order valence-corrected chi connectivity index (χ1v) is 12.3. The maximum absolute atomic E-state index is 13.1. The molecule has 5 rings (SSSR count). The van der Waals surface area contributed by atoms with Gasteiger partial charge < -0.3 is 15.2 Å². The largest absolute Gasteiger partial charge is 0.360 e. The molecule has 5 aromatic rings. The number of nitrogens with zero attached hydrogens (tertiary/aromatic N) is 1. The van der Waals surface area contributed by atoms with Gasteiger partial charge in [0, 0.05) is 22.2 Å². The van der Waals surface area contributed by atoms with Crippen LogP contribution in [0.1, 0.15) is 26.9 Å². The second-order valence-corrected chi connectivity index (χ2v) is 9.44. The molecule has 0 saturated heterocycles. The van der Waals surface area contributed by atoms with Gasteiger partial charge in [0.2, 0.25) is 5.91 Å². The number of anilines is 2. The van der Waals surface area contributed by atoms with E-state index in [1.807, 2.05) is 97.1 Å². The minimum Gasteiger partial charge on any atom is -0.360 e. The zero-order valence-electron chi connectivity index (χ0n) is 19.5. The monoisotopic (exact) mass is 493 g/mol. The fourth-order valence-electron chi connectivity index (χ4n) is 3.80. The zero-order chi connectivity index (χ0) is 24.9. The van der Waals surface area contributed by atoms with Crippen molar-refractivity contribution in [2.45, 2.75) is 17.1 Å². The molecule has 1 heterocycles. The van der Waals surface area contributed by atoms with Crippen LogP contribution in [-0.2, 0) is 4.79 Å². The lowest BCUT2D eigenvalue weighted by Gasteiger charge is -2.16. The van der Waals surface area contributed by atoms with Crippen molar-refractivity contribution in [3.63, 3.8) is 0 Å². The highest BCUT2D eigenvalue weighted by atomic mass is 32.2. The highest BCUT2D eigenvalue weighted by molar-refractivity contribution is 8.00. The molecule has 6 nitrogen and oxygen atoms in total. The molecule has 0 aliphatic heterocycles. The van der Waals surface area contributed by atoms with Crippen LogP contribution in [0.4, 0.5) is 11.5 Å². The number of thioether (sulfide) groups is 1. The van der Waals surface area contributed by atoms with Crippen molar-refractivity contribution in [2.75, 3.05) is 10.6 Å². The predicted molar refractivity (Wildman–Crippen MR) is 143 cm³/mol. The number of hydrogen-bond acceptors (Lipinski definition) is 5. The standard InChI is InChI=1S/C29H23N3O3S/c1-19-17-26(32-35-19)31-29(34)27(21-8-3-2-4-9-21)36-25-15-13-24(14-16-25)30-28(33)23-12-11-20-7-5-6-10-22(20)18-23/h2-18,27H,1H3,(H,30,33)(H,31,32,34). The second kappa shape index (κ2) is 10.5. The third-order valence-corrected chi connectivity index (χ3v) is 6.86. The van der Waals surface area contributed by atoms with Crippen LogP contribution in [0.3, 0.4) is 0 Å². The number of fused-ring (bicyclic) bond motifs is 1. The van der Waals surface area contributed by atoms with E-state index in [0.717, 1.165) is 21.2 Å². The van der Waals surface area contributed by atoms with Gasteiger partial charge in [-0.1, -0.05) is 65.8 Å². The molecule has 0 radical (unpaired) electrons. The molecule has 36 heavy (non-hydrogen) atoms. The molecule has 1 aromatic heterocycles. The van der Waals surface area contributed by atoms with Crippen LogP contribution in [0.25, 0.3) is 10.8 Å². The number of amides is 2. The van der Waals surface area contributed by atoms with Gasteiger partial charge in [0.15, 0.2) is 5.82 Å². The van der Waals surface area contributed by atoms with Gasteiger partial charge in [-0.15, -0.1) is 11.8 Å². The lowest BCUT2D eigenvalue weighted by molar-refractivity contribution is -0.115. The van der Waals surface area contributed by atoms with Crippen LogP contribution >= 0.6 is 11.8 Å². The van der Waals surface area contributed by atoms with Crippen molar-refractivity contribution in [1.82, 2.24) is 5.16 Å². The fraction of sp³-hybridized carbons (Fsp3) is 0.0690. The molecule has 2 N–H and O–H groups in total. The van der Waals surface area contributed by atoms with Crippen LogP contribution in [0, 0.1) is 6.92 Å². The summed E-state index contributed by atoms with van der Waals surface area (Å²) in [6.45, 7) is 1.77. The fourth-order valence-corrected chi connectivity index (χ4v) is 4.83. The second-order valence-electron chi connectivity index (χ2n) is 8.26. The molecule has 2 amide bonds. The van der Waals surface area contributed by atoms with Crippen LogP contribution in [-0.4, -0.2) is 17.0 Å². The Balaban J connectivity index is 1.29. The number of hydrogen-bond donors (Lipinski definition) is 2. The van der Waals surface area contributed by atoms with Gasteiger partial charge in [-0.05, 0) is 59.7 Å². The summed E-state index contributed by atoms with van der Waals surface area (Å²) in [7, 11) is 0. The lowest BCUT2D eigenvalue weighted by atomic mass is 10.1. The Labute approximate surface area is 212 Å². The van der Waals surface area contributed by atoms with E-state index in [4.69, 9.17) is 4.52 Å². The SMILES string of the molecule is Cc1cc(NC(=O)C(Sc2ccc(NC(=O)c3ccc4ccccc4c3)cc2)c2ccccc2)no1. The van der Waals surface area contributed by atoms with Gasteiger partial charge >= 0.3 is 0 Å². The minimum atomic E-state index is -0.499. The summed E-state index contributed by atoms with van der Waals surface area (Å²) in [4.78, 5) is 26.8. The first-order chi connectivity index (χ1) is 17.5. The first-order valence-electron chi connectivity index (χ1n) is 11.4. The maximum atomic E-state index is 13.1. The van der Waals surface area contributed by atoms with E-state index in [-0.39, 0.29) is 11.8 Å². The Morgan fingerprint density at radius 1 is 0.806 bits per heavy atom. The number of carbonyl (C=O) groups excluding carboxylic acids is 2. The van der Waals surface area contributed by atoms with Crippen molar-refractivity contribution >= 4 is 45.9 Å². The number of carbonyl (C=O) groups is 2. The van der Waals surface area contributed by atoms with Crippen molar-refractivity contribution in [3.05, 3.63) is 120 Å². The molecule has 1 atom stereocenters. The summed E-state index contributed by atoms with van der Waals surface area (Å²) in [5.41, 5.74) is 2.14. The van der Waals surface area contributed by atoms with E-state index in [1.165, 1.54) is 11.8 Å². The summed E-state index contributed by atoms with van der Waals surface area (Å²) in [6, 6.07) is 32.3. The number of aromatic nitrogens is 1. The molecule has 0 bridgehead atoms. The number of rotatable bonds is 7. The van der Waals surface area contributed by atoms with Gasteiger partial charge in [-0.2, -0.15) is 0 Å². The molecule has 0 fully saturated rings. The number of benzene rings is 4. The van der Waals surface area contributed by atoms with E-state index in [1.54, 1.807) is 13.0 Å². The van der Waals surface area contributed by atoms with Gasteiger partial charge in [-0.3, -0.25) is 9.59 Å². The Morgan fingerprint density at radius 2 is 1.53 bits per heavy atom. The topological polar surface area (TPSA) is 84.2 Å². The number of aryl methyl sites for hydroxylation is 1. The summed E-state index contributed by atoms with van der Waals surface area (Å²) < 4.78 is 5.06. The molecular weight excluding hydrogens is 470 g/mol. The highest BCUT2D eigenvalue weighted by Crippen LogP contribution is 2.36. The zero-order valence-corrected chi connectivity index (χ0v) is 20.3. The Morgan fingerprint density at radius 3 is 2.25 bits per heavy atom. The third-order valence-electron chi connectivity index (χ3n) is 5.60. The van der Waals surface area contributed by atoms with Crippen molar-refractivity contribution in [2.24, 2.45) is 0 Å². The van der Waals surface area contributed by atoms with Crippen LogP contribution in [0.2, 0.25) is 0 Å². The van der Waals surface area contributed by atoms with E-state index in [2.05, 4.69) is 15.8 Å². The van der Waals surface area contributed by atoms with Crippen LogP contribution < -0.4 is 10.6 Å². The maximum Gasteiger partial charge on any atom is 0.255 e. The van der Waals surface area contributed by atoms with Gasteiger partial charge in [0.1, 0.15) is 11.0 Å². The van der Waals surface area contributed by atoms with Crippen molar-refractivity contribution in [1.29, 1.82) is 0 Å². The number of nitrogens with one attached hydrogen (secondary N) is 2. The smallest absolute Gasteiger partial charge is 0.255 e. The normalized spacial score (nSPS) is 11.7. The summed E-state index contributed by atoms with van der Waals surface area (Å²) in [6.07, 6.45) is 0. The molecule has 0 aliphatic carbocycles. The van der Waals surface area contributed by atoms with Crippen LogP contribution in [0.5, 0.6) is 0 Å². The van der Waals surface area contributed by atoms with E-state index in [0.29, 0.717) is 22.8 Å². The molecule has 178 valence electrons. The molecule has 4 aromatic carbocycles. The van der Waals surface area contributed by atoms with E-state index in [9.17, 15) is 9.59 Å². The van der Waals surface area contributed by atoms with Gasteiger partial charge in [-0.25, -0.2) is 0 Å². The van der Waals surface area contributed by atoms with Crippen LogP contribution in [0.15, 0.2) is 113 Å². The average Bonchev–Trinajstić information content (AvgIpc) is 3.32. The van der Waals surface area contributed by atoms with E-state index >= 15 is 0 Å². The van der Waals surface area contributed by atoms with Crippen molar-refractivity contribution < 1.29 is 14.1 Å². The summed E-state index contributed by atoms with van der Waals surface area (Å²) in [5, 5.41) is 11.2. The van der Waals surface area contributed by atoms with Gasteiger partial charge in [0.25, 0.3) is 5.91 Å². The molecular formula is C29H23N3O3S. The molecule has 0 aliphatic rings. The third kappa shape index (κ3) is 5.47. The highest BCUT2D eigenvalue weighted by Gasteiger charge is 2.23. The molecule has 0 saturated carbocycles. The Bertz CT molecular complexity index is 1510.